The van der Waals surface area contributed by atoms with Crippen LogP contribution in [0.15, 0.2) is 95.9 Å². The lowest BCUT2D eigenvalue weighted by Crippen LogP contribution is -2.49. The number of amides is 1. The third-order valence-corrected chi connectivity index (χ3v) is 10.2. The second-order valence-electron chi connectivity index (χ2n) is 14.5. The van der Waals surface area contributed by atoms with Gasteiger partial charge in [-0.05, 0) is 74.0 Å². The van der Waals surface area contributed by atoms with Crippen molar-refractivity contribution in [2.45, 2.75) is 32.1 Å². The van der Waals surface area contributed by atoms with Gasteiger partial charge in [0.2, 0.25) is 5.95 Å². The van der Waals surface area contributed by atoms with Crippen LogP contribution in [0.1, 0.15) is 52.9 Å². The van der Waals surface area contributed by atoms with E-state index in [-0.39, 0.29) is 36.1 Å². The first-order valence-corrected chi connectivity index (χ1v) is 18.6. The smallest absolute Gasteiger partial charge is 0.272 e. The maximum atomic E-state index is 15.1. The molecular weight excluding hydrogens is 732 g/mol. The summed E-state index contributed by atoms with van der Waals surface area (Å²) < 4.78 is 15.1. The van der Waals surface area contributed by atoms with Gasteiger partial charge < -0.3 is 30.4 Å². The molecule has 0 saturated carbocycles. The van der Waals surface area contributed by atoms with E-state index < -0.39 is 17.6 Å². The number of aromatic nitrogens is 5. The highest BCUT2D eigenvalue weighted by Crippen LogP contribution is 2.42. The molecule has 16 heteroatoms. The minimum atomic E-state index is -1.20. The van der Waals surface area contributed by atoms with Crippen LogP contribution >= 0.6 is 0 Å². The van der Waals surface area contributed by atoms with E-state index in [1.54, 1.807) is 66.2 Å². The average Bonchev–Trinajstić information content (AvgIpc) is 3.49. The topological polar surface area (TPSA) is 187 Å². The molecule has 1 saturated heterocycles. The highest BCUT2D eigenvalue weighted by Gasteiger charge is 2.39. The molecule has 0 aliphatic carbocycles. The van der Waals surface area contributed by atoms with Crippen LogP contribution in [0, 0.1) is 5.82 Å². The van der Waals surface area contributed by atoms with E-state index in [2.05, 4.69) is 30.4 Å². The zero-order valence-electron chi connectivity index (χ0n) is 31.3. The molecule has 292 valence electrons. The summed E-state index contributed by atoms with van der Waals surface area (Å²) in [7, 11) is 0. The van der Waals surface area contributed by atoms with Crippen LogP contribution in [0.2, 0.25) is 0 Å². The molecule has 5 heterocycles. The lowest BCUT2D eigenvalue weighted by molar-refractivity contribution is 0.00606. The van der Waals surface area contributed by atoms with E-state index in [1.165, 1.54) is 17.3 Å². The molecule has 2 aliphatic rings. The Morgan fingerprint density at radius 2 is 1.72 bits per heavy atom. The van der Waals surface area contributed by atoms with Crippen LogP contribution in [0.3, 0.4) is 0 Å². The van der Waals surface area contributed by atoms with Gasteiger partial charge in [-0.1, -0.05) is 30.3 Å². The first-order valence-electron chi connectivity index (χ1n) is 18.6. The Balaban J connectivity index is 0.926. The fraction of sp³-hybridized carbons (Fsp3) is 0.268. The highest BCUT2D eigenvalue weighted by atomic mass is 19.1. The third-order valence-electron chi connectivity index (χ3n) is 10.2. The standard InChI is InChI=1S/C41H41FN10O5/c1-41(2,57)34-8-5-9-35(45-34)52-36-31(39(56)51(52)20-21-53)24-43-40(46-36)44-26-11-13-27(14-12-26)49-16-18-50(19-17-49)38(55)30-22-25(10-15-32(30)42)23-33-28-6-3-4-7-29(28)37(54)48-47-33/h3-15,22,24,39,53,56-57H,16-21,23H2,1-2H3,(H,48,54)(H,43,44,46). The normalized spacial score (nSPS) is 16.0. The van der Waals surface area contributed by atoms with Crippen molar-refractivity contribution < 1.29 is 24.5 Å². The van der Waals surface area contributed by atoms with E-state index in [9.17, 15) is 24.9 Å². The van der Waals surface area contributed by atoms with Gasteiger partial charge >= 0.3 is 0 Å². The maximum absolute atomic E-state index is 15.1. The van der Waals surface area contributed by atoms with Crippen molar-refractivity contribution in [3.05, 3.63) is 135 Å². The van der Waals surface area contributed by atoms with E-state index in [0.717, 1.165) is 5.69 Å². The van der Waals surface area contributed by atoms with Gasteiger partial charge in [0.1, 0.15) is 17.2 Å². The summed E-state index contributed by atoms with van der Waals surface area (Å²) in [5, 5.41) is 45.8. The van der Waals surface area contributed by atoms with Crippen LogP contribution in [0.5, 0.6) is 0 Å². The quantitative estimate of drug-likeness (QED) is 0.134. The van der Waals surface area contributed by atoms with Crippen LogP contribution in [-0.4, -0.2) is 95.6 Å². The van der Waals surface area contributed by atoms with E-state index in [0.29, 0.717) is 83.2 Å². The maximum Gasteiger partial charge on any atom is 0.272 e. The zero-order chi connectivity index (χ0) is 39.8. The number of H-pyrrole nitrogens is 1. The van der Waals surface area contributed by atoms with Crippen molar-refractivity contribution in [3.8, 4) is 0 Å². The summed E-state index contributed by atoms with van der Waals surface area (Å²) in [6.07, 6.45) is 0.720. The number of aromatic amines is 1. The molecule has 6 aromatic rings. The summed E-state index contributed by atoms with van der Waals surface area (Å²) in [5.41, 5.74) is 2.37. The van der Waals surface area contributed by atoms with E-state index in [1.807, 2.05) is 36.4 Å². The number of hydrazine groups is 1. The number of pyridine rings is 1. The van der Waals surface area contributed by atoms with Gasteiger partial charge in [0.15, 0.2) is 12.0 Å². The molecule has 1 fully saturated rings. The van der Waals surface area contributed by atoms with Gasteiger partial charge in [0, 0.05) is 62.1 Å². The van der Waals surface area contributed by atoms with Gasteiger partial charge in [-0.25, -0.2) is 24.5 Å². The summed E-state index contributed by atoms with van der Waals surface area (Å²) in [6.45, 7) is 5.04. The van der Waals surface area contributed by atoms with Crippen molar-refractivity contribution in [3.63, 3.8) is 0 Å². The van der Waals surface area contributed by atoms with E-state index >= 15 is 4.39 Å². The molecule has 5 N–H and O–H groups in total. The molecule has 15 nitrogen and oxygen atoms in total. The molecule has 0 radical (unpaired) electrons. The van der Waals surface area contributed by atoms with Crippen molar-refractivity contribution in [2.24, 2.45) is 0 Å². The minimum Gasteiger partial charge on any atom is -0.395 e. The number of nitrogens with one attached hydrogen (secondary N) is 2. The molecule has 3 aromatic heterocycles. The number of hydrogen-bond acceptors (Lipinski definition) is 13. The fourth-order valence-electron chi connectivity index (χ4n) is 7.20. The molecule has 8 rings (SSSR count). The zero-order valence-corrected chi connectivity index (χ0v) is 31.3. The number of carbonyl (C=O) groups excluding carboxylic acids is 1. The number of benzene rings is 3. The highest BCUT2D eigenvalue weighted by molar-refractivity contribution is 5.95. The first kappa shape index (κ1) is 37.6. The number of β-amino-alcohol motifs (C(OH)–C–C–N with tert-alkyl or cyclic N) is 1. The summed E-state index contributed by atoms with van der Waals surface area (Å²) in [4.78, 5) is 43.4. The van der Waals surface area contributed by atoms with Gasteiger partial charge in [-0.15, -0.1) is 0 Å². The Bertz CT molecular complexity index is 2500. The Morgan fingerprint density at radius 3 is 2.46 bits per heavy atom. The number of carbonyl (C=O) groups is 1. The largest absolute Gasteiger partial charge is 0.395 e. The van der Waals surface area contributed by atoms with Crippen LogP contribution in [-0.2, 0) is 12.0 Å². The number of nitrogens with zero attached hydrogens (tertiary/aromatic N) is 8. The Kier molecular flexibility index (Phi) is 10.1. The fourth-order valence-corrected chi connectivity index (χ4v) is 7.20. The van der Waals surface area contributed by atoms with Gasteiger partial charge in [0.25, 0.3) is 11.5 Å². The van der Waals surface area contributed by atoms with Crippen molar-refractivity contribution in [1.29, 1.82) is 0 Å². The predicted octanol–water partition coefficient (Wildman–Crippen LogP) is 4.12. The number of halogens is 1. The molecule has 1 amide bonds. The van der Waals surface area contributed by atoms with Crippen LogP contribution < -0.4 is 20.8 Å². The van der Waals surface area contributed by atoms with Crippen molar-refractivity contribution in [2.75, 3.05) is 54.6 Å². The summed E-state index contributed by atoms with van der Waals surface area (Å²) in [6, 6.07) is 24.6. The van der Waals surface area contributed by atoms with E-state index in [4.69, 9.17) is 4.98 Å². The van der Waals surface area contributed by atoms with Crippen LogP contribution in [0.4, 0.5) is 33.3 Å². The molecule has 0 spiro atoms. The predicted molar refractivity (Wildman–Crippen MR) is 212 cm³/mol. The van der Waals surface area contributed by atoms with Crippen molar-refractivity contribution >= 4 is 45.6 Å². The van der Waals surface area contributed by atoms with Crippen LogP contribution in [0.25, 0.3) is 10.8 Å². The Hall–Kier alpha value is -6.33. The number of anilines is 5. The number of fused-ring (bicyclic) bond motifs is 2. The lowest BCUT2D eigenvalue weighted by Gasteiger charge is -2.36. The number of aliphatic hydroxyl groups excluding tert-OH is 2. The second-order valence-corrected chi connectivity index (χ2v) is 14.5. The third kappa shape index (κ3) is 7.50. The van der Waals surface area contributed by atoms with Gasteiger partial charge in [-0.3, -0.25) is 9.59 Å². The number of hydrogen-bond donors (Lipinski definition) is 5. The monoisotopic (exact) mass is 772 g/mol. The van der Waals surface area contributed by atoms with Crippen molar-refractivity contribution in [1.82, 2.24) is 35.1 Å². The Morgan fingerprint density at radius 1 is 0.965 bits per heavy atom. The van der Waals surface area contributed by atoms with Gasteiger partial charge in [-0.2, -0.15) is 15.1 Å². The first-order chi connectivity index (χ1) is 27.5. The molecule has 57 heavy (non-hydrogen) atoms. The average molecular weight is 773 g/mol. The SMILES string of the molecule is CC(C)(O)c1cccc(N2c3nc(Nc4ccc(N5CCN(C(=O)c6cc(Cc7n[nH]c(=O)c8ccccc78)ccc6F)CC5)cc4)ncc3C(O)N2CCO)n1. The Labute approximate surface area is 326 Å². The summed E-state index contributed by atoms with van der Waals surface area (Å²) >= 11 is 0. The number of aliphatic hydroxyl groups is 3. The summed E-state index contributed by atoms with van der Waals surface area (Å²) in [5.74, 6) is 0.0838. The minimum absolute atomic E-state index is 0.00324. The molecular formula is C41H41FN10O5. The van der Waals surface area contributed by atoms with Gasteiger partial charge in [0.05, 0.1) is 34.5 Å². The number of rotatable bonds is 10. The lowest BCUT2D eigenvalue weighted by atomic mass is 10.0. The molecule has 1 unspecified atom stereocenters. The molecule has 3 aromatic carbocycles. The second kappa shape index (κ2) is 15.3. The number of piperazine rings is 1. The molecule has 1 atom stereocenters. The molecule has 0 bridgehead atoms. The molecule has 2 aliphatic heterocycles.